The SMILES string of the molecule is COc1cccc(C(NC(=O)c2cnn(-c3cccc(C(F)(F)F)c3)c2C)c2nccn2C)c1. The van der Waals surface area contributed by atoms with Crippen molar-refractivity contribution in [1.82, 2.24) is 24.6 Å². The number of aryl methyl sites for hydroxylation is 1. The standard InChI is InChI=1S/C24H22F3N5O2/c1-15-20(14-29-32(15)18-8-5-7-17(13-18)24(25,26)27)23(33)30-21(22-28-10-11-31(22)2)16-6-4-9-19(12-16)34-3/h4-14,21H,1-3H3,(H,30,33). The molecule has 34 heavy (non-hydrogen) atoms. The second-order valence-electron chi connectivity index (χ2n) is 7.68. The Hall–Kier alpha value is -4.08. The van der Waals surface area contributed by atoms with E-state index in [1.165, 1.54) is 23.0 Å². The molecule has 176 valence electrons. The van der Waals surface area contributed by atoms with Gasteiger partial charge in [0.25, 0.3) is 5.91 Å². The fourth-order valence-electron chi connectivity index (χ4n) is 3.69. The highest BCUT2D eigenvalue weighted by Crippen LogP contribution is 2.31. The smallest absolute Gasteiger partial charge is 0.416 e. The van der Waals surface area contributed by atoms with Crippen molar-refractivity contribution in [3.05, 3.63) is 95.3 Å². The number of nitrogens with zero attached hydrogens (tertiary/aromatic N) is 4. The van der Waals surface area contributed by atoms with E-state index in [2.05, 4.69) is 15.4 Å². The normalized spacial score (nSPS) is 12.4. The summed E-state index contributed by atoms with van der Waals surface area (Å²) in [5.41, 5.74) is 0.809. The summed E-state index contributed by atoms with van der Waals surface area (Å²) in [5.74, 6) is 0.788. The zero-order valence-corrected chi connectivity index (χ0v) is 18.7. The molecule has 4 rings (SSSR count). The van der Waals surface area contributed by atoms with Crippen molar-refractivity contribution in [1.29, 1.82) is 0 Å². The number of halogens is 3. The number of imidazole rings is 1. The summed E-state index contributed by atoms with van der Waals surface area (Å²) >= 11 is 0. The highest BCUT2D eigenvalue weighted by atomic mass is 19.4. The van der Waals surface area contributed by atoms with Crippen molar-refractivity contribution in [2.24, 2.45) is 7.05 Å². The number of carbonyl (C=O) groups excluding carboxylic acids is 1. The first-order valence-corrected chi connectivity index (χ1v) is 10.3. The molecule has 1 unspecified atom stereocenters. The first-order valence-electron chi connectivity index (χ1n) is 10.3. The summed E-state index contributed by atoms with van der Waals surface area (Å²) in [5, 5.41) is 7.14. The number of hydrogen-bond acceptors (Lipinski definition) is 4. The molecule has 10 heteroatoms. The van der Waals surface area contributed by atoms with Crippen LogP contribution >= 0.6 is 0 Å². The number of aromatic nitrogens is 4. The van der Waals surface area contributed by atoms with E-state index in [1.54, 1.807) is 43.1 Å². The van der Waals surface area contributed by atoms with E-state index < -0.39 is 23.7 Å². The fourth-order valence-corrected chi connectivity index (χ4v) is 3.69. The Morgan fingerprint density at radius 1 is 1.15 bits per heavy atom. The number of amides is 1. The van der Waals surface area contributed by atoms with Gasteiger partial charge in [0.1, 0.15) is 17.6 Å². The van der Waals surface area contributed by atoms with Crippen LogP contribution < -0.4 is 10.1 Å². The lowest BCUT2D eigenvalue weighted by Gasteiger charge is -2.20. The van der Waals surface area contributed by atoms with E-state index in [0.29, 0.717) is 17.3 Å². The first kappa shape index (κ1) is 23.1. The number of methoxy groups -OCH3 is 1. The molecular weight excluding hydrogens is 447 g/mol. The third-order valence-electron chi connectivity index (χ3n) is 5.49. The molecule has 0 saturated heterocycles. The van der Waals surface area contributed by atoms with Crippen LogP contribution in [0.3, 0.4) is 0 Å². The molecule has 0 saturated carbocycles. The number of nitrogens with one attached hydrogen (secondary N) is 1. The number of rotatable bonds is 6. The van der Waals surface area contributed by atoms with Crippen LogP contribution in [0.25, 0.3) is 5.69 Å². The summed E-state index contributed by atoms with van der Waals surface area (Å²) in [6.07, 6.45) is 0.256. The Morgan fingerprint density at radius 2 is 1.91 bits per heavy atom. The quantitative estimate of drug-likeness (QED) is 0.453. The maximum atomic E-state index is 13.3. The largest absolute Gasteiger partial charge is 0.497 e. The van der Waals surface area contributed by atoms with Crippen LogP contribution in [0.2, 0.25) is 0 Å². The zero-order chi connectivity index (χ0) is 24.5. The zero-order valence-electron chi connectivity index (χ0n) is 18.7. The highest BCUT2D eigenvalue weighted by Gasteiger charge is 2.31. The van der Waals surface area contributed by atoms with Gasteiger partial charge in [-0.25, -0.2) is 9.67 Å². The average molecular weight is 469 g/mol. The minimum absolute atomic E-state index is 0.208. The van der Waals surface area contributed by atoms with Crippen LogP contribution in [0.15, 0.2) is 67.1 Å². The number of alkyl halides is 3. The lowest BCUT2D eigenvalue weighted by molar-refractivity contribution is -0.137. The highest BCUT2D eigenvalue weighted by molar-refractivity contribution is 5.95. The van der Waals surface area contributed by atoms with E-state index in [0.717, 1.165) is 17.7 Å². The Morgan fingerprint density at radius 3 is 2.59 bits per heavy atom. The second kappa shape index (κ2) is 9.05. The number of ether oxygens (including phenoxy) is 1. The van der Waals surface area contributed by atoms with Gasteiger partial charge in [0.15, 0.2) is 0 Å². The molecule has 0 spiro atoms. The van der Waals surface area contributed by atoms with Crippen molar-refractivity contribution in [2.45, 2.75) is 19.1 Å². The molecule has 4 aromatic rings. The van der Waals surface area contributed by atoms with Crippen molar-refractivity contribution in [2.75, 3.05) is 7.11 Å². The van der Waals surface area contributed by atoms with Gasteiger partial charge in [-0.15, -0.1) is 0 Å². The topological polar surface area (TPSA) is 74.0 Å². The van der Waals surface area contributed by atoms with Gasteiger partial charge in [0, 0.05) is 19.4 Å². The van der Waals surface area contributed by atoms with Gasteiger partial charge in [0.05, 0.1) is 35.8 Å². The van der Waals surface area contributed by atoms with Crippen LogP contribution in [0.1, 0.15) is 39.0 Å². The predicted octanol–water partition coefficient (Wildman–Crippen LogP) is 4.46. The second-order valence-corrected chi connectivity index (χ2v) is 7.68. The Labute approximate surface area is 193 Å². The van der Waals surface area contributed by atoms with E-state index >= 15 is 0 Å². The van der Waals surface area contributed by atoms with Gasteiger partial charge in [0.2, 0.25) is 0 Å². The van der Waals surface area contributed by atoms with E-state index in [4.69, 9.17) is 4.74 Å². The summed E-state index contributed by atoms with van der Waals surface area (Å²) in [7, 11) is 3.37. The third-order valence-corrected chi connectivity index (χ3v) is 5.49. The van der Waals surface area contributed by atoms with Crippen molar-refractivity contribution >= 4 is 5.91 Å². The maximum absolute atomic E-state index is 13.3. The van der Waals surface area contributed by atoms with E-state index in [9.17, 15) is 18.0 Å². The minimum Gasteiger partial charge on any atom is -0.497 e. The Bertz CT molecular complexity index is 1330. The molecule has 0 radical (unpaired) electrons. The van der Waals surface area contributed by atoms with Crippen molar-refractivity contribution in [3.63, 3.8) is 0 Å². The molecule has 0 bridgehead atoms. The molecule has 2 aromatic heterocycles. The molecule has 7 nitrogen and oxygen atoms in total. The minimum atomic E-state index is -4.48. The molecular formula is C24H22F3N5O2. The van der Waals surface area contributed by atoms with Gasteiger partial charge >= 0.3 is 6.18 Å². The molecule has 2 heterocycles. The average Bonchev–Trinajstić information content (AvgIpc) is 3.42. The number of hydrogen-bond donors (Lipinski definition) is 1. The Balaban J connectivity index is 1.67. The molecule has 0 aliphatic rings. The van der Waals surface area contributed by atoms with Crippen LogP contribution in [-0.4, -0.2) is 32.3 Å². The number of benzene rings is 2. The lowest BCUT2D eigenvalue weighted by atomic mass is 10.0. The van der Waals surface area contributed by atoms with Gasteiger partial charge in [-0.1, -0.05) is 18.2 Å². The summed E-state index contributed by atoms with van der Waals surface area (Å²) in [4.78, 5) is 17.7. The molecule has 0 fully saturated rings. The molecule has 1 N–H and O–H groups in total. The predicted molar refractivity (Wildman–Crippen MR) is 119 cm³/mol. The van der Waals surface area contributed by atoms with Crippen LogP contribution in [0.4, 0.5) is 13.2 Å². The fraction of sp³-hybridized carbons (Fsp3) is 0.208. The van der Waals surface area contributed by atoms with Crippen molar-refractivity contribution in [3.8, 4) is 11.4 Å². The lowest BCUT2D eigenvalue weighted by Crippen LogP contribution is -2.31. The third kappa shape index (κ3) is 4.52. The van der Waals surface area contributed by atoms with Gasteiger partial charge < -0.3 is 14.6 Å². The molecule has 0 aliphatic heterocycles. The van der Waals surface area contributed by atoms with Crippen LogP contribution in [0.5, 0.6) is 5.75 Å². The molecule has 1 atom stereocenters. The van der Waals surface area contributed by atoms with Crippen LogP contribution in [0, 0.1) is 6.92 Å². The summed E-state index contributed by atoms with van der Waals surface area (Å²) in [6.45, 7) is 1.63. The monoisotopic (exact) mass is 469 g/mol. The summed E-state index contributed by atoms with van der Waals surface area (Å²) in [6, 6.07) is 11.5. The molecule has 2 aromatic carbocycles. The van der Waals surface area contributed by atoms with Crippen LogP contribution in [-0.2, 0) is 13.2 Å². The van der Waals surface area contributed by atoms with Crippen molar-refractivity contribution < 1.29 is 22.7 Å². The van der Waals surface area contributed by atoms with Gasteiger partial charge in [-0.3, -0.25) is 4.79 Å². The summed E-state index contributed by atoms with van der Waals surface area (Å²) < 4.78 is 47.8. The van der Waals surface area contributed by atoms with E-state index in [1.807, 2.05) is 19.2 Å². The first-order chi connectivity index (χ1) is 16.2. The molecule has 0 aliphatic carbocycles. The van der Waals surface area contributed by atoms with Gasteiger partial charge in [-0.2, -0.15) is 18.3 Å². The maximum Gasteiger partial charge on any atom is 0.416 e. The molecule has 1 amide bonds. The Kier molecular flexibility index (Phi) is 6.14. The van der Waals surface area contributed by atoms with Gasteiger partial charge in [-0.05, 0) is 42.8 Å². The number of carbonyl (C=O) groups is 1. The van der Waals surface area contributed by atoms with E-state index in [-0.39, 0.29) is 11.3 Å².